The number of anilines is 4. The fourth-order valence-corrected chi connectivity index (χ4v) is 3.34. The number of nitrogens with one attached hydrogen (secondary N) is 4. The van der Waals surface area contributed by atoms with Crippen LogP contribution in [-0.2, 0) is 20.8 Å². The van der Waals surface area contributed by atoms with E-state index in [9.17, 15) is 19.5 Å². The van der Waals surface area contributed by atoms with Crippen LogP contribution in [0.4, 0.5) is 22.9 Å². The van der Waals surface area contributed by atoms with Crippen molar-refractivity contribution in [3.8, 4) is 5.75 Å². The van der Waals surface area contributed by atoms with E-state index in [1.165, 1.54) is 0 Å². The highest BCUT2D eigenvalue weighted by molar-refractivity contribution is 6.01. The first-order valence-electron chi connectivity index (χ1n) is 10.4. The van der Waals surface area contributed by atoms with Crippen molar-refractivity contribution >= 4 is 39.7 Å². The molecule has 4 aromatic rings. The third-order valence-corrected chi connectivity index (χ3v) is 5.05. The fraction of sp³-hybridized carbons (Fsp3) is 0.217. The number of hydrogen-bond acceptors (Lipinski definition) is 9. The van der Waals surface area contributed by atoms with Gasteiger partial charge in [-0.2, -0.15) is 5.10 Å². The van der Waals surface area contributed by atoms with Crippen LogP contribution >= 0.6 is 0 Å². The SMILES string of the molecule is COCCOCC(=O)Nc1n[nH]c2ccc(Nc3c(NCc4cccc(O)c4)c(=O)c3=O)cc12. The summed E-state index contributed by atoms with van der Waals surface area (Å²) in [6, 6.07) is 11.8. The van der Waals surface area contributed by atoms with Gasteiger partial charge in [-0.05, 0) is 35.9 Å². The third kappa shape index (κ3) is 5.05. The minimum atomic E-state index is -0.632. The number of nitrogens with zero attached hydrogens (tertiary/aromatic N) is 1. The van der Waals surface area contributed by atoms with Gasteiger partial charge in [-0.3, -0.25) is 19.5 Å². The molecule has 0 aliphatic carbocycles. The summed E-state index contributed by atoms with van der Waals surface area (Å²) in [5.74, 6) is 0.0514. The van der Waals surface area contributed by atoms with Gasteiger partial charge >= 0.3 is 0 Å². The second kappa shape index (κ2) is 10.1. The van der Waals surface area contributed by atoms with Crippen LogP contribution in [-0.4, -0.2) is 48.1 Å². The van der Waals surface area contributed by atoms with E-state index < -0.39 is 10.9 Å². The Kier molecular flexibility index (Phi) is 6.85. The molecule has 4 rings (SSSR count). The molecule has 1 aromatic heterocycles. The van der Waals surface area contributed by atoms with Crippen LogP contribution < -0.4 is 26.8 Å². The summed E-state index contributed by atoms with van der Waals surface area (Å²) in [5, 5.41) is 25.7. The normalized spacial score (nSPS) is 11.1. The summed E-state index contributed by atoms with van der Waals surface area (Å²) in [4.78, 5) is 36.4. The Labute approximate surface area is 193 Å². The Morgan fingerprint density at radius 1 is 1.09 bits per heavy atom. The van der Waals surface area contributed by atoms with E-state index in [0.29, 0.717) is 35.6 Å². The van der Waals surface area contributed by atoms with Gasteiger partial charge in [0.25, 0.3) is 16.8 Å². The Morgan fingerprint density at radius 3 is 2.71 bits per heavy atom. The first-order chi connectivity index (χ1) is 16.5. The molecule has 0 atom stereocenters. The summed E-state index contributed by atoms with van der Waals surface area (Å²) < 4.78 is 10.1. The van der Waals surface area contributed by atoms with E-state index >= 15 is 0 Å². The number of ether oxygens (including phenoxy) is 2. The maximum Gasteiger partial charge on any atom is 0.253 e. The van der Waals surface area contributed by atoms with Gasteiger partial charge in [0.2, 0.25) is 0 Å². The highest BCUT2D eigenvalue weighted by Gasteiger charge is 2.21. The quantitative estimate of drug-likeness (QED) is 0.165. The number of aromatic nitrogens is 2. The second-order valence-electron chi connectivity index (χ2n) is 7.48. The molecule has 5 N–H and O–H groups in total. The third-order valence-electron chi connectivity index (χ3n) is 5.05. The number of hydrogen-bond donors (Lipinski definition) is 5. The number of aromatic amines is 1. The molecule has 0 aliphatic heterocycles. The van der Waals surface area contributed by atoms with Gasteiger partial charge in [0, 0.05) is 24.7 Å². The lowest BCUT2D eigenvalue weighted by Gasteiger charge is -2.15. The second-order valence-corrected chi connectivity index (χ2v) is 7.48. The number of methoxy groups -OCH3 is 1. The number of fused-ring (bicyclic) bond motifs is 1. The summed E-state index contributed by atoms with van der Waals surface area (Å²) in [7, 11) is 1.54. The first-order valence-corrected chi connectivity index (χ1v) is 10.4. The first kappa shape index (κ1) is 23.0. The van der Waals surface area contributed by atoms with Gasteiger partial charge in [-0.1, -0.05) is 12.1 Å². The largest absolute Gasteiger partial charge is 0.508 e. The molecule has 11 heteroatoms. The van der Waals surface area contributed by atoms with Crippen LogP contribution in [0.2, 0.25) is 0 Å². The molecule has 0 aliphatic rings. The summed E-state index contributed by atoms with van der Waals surface area (Å²) >= 11 is 0. The van der Waals surface area contributed by atoms with Crippen molar-refractivity contribution < 1.29 is 19.4 Å². The van der Waals surface area contributed by atoms with Crippen LogP contribution in [0, 0.1) is 0 Å². The number of amides is 1. The Bertz CT molecular complexity index is 1390. The number of carbonyl (C=O) groups is 1. The predicted molar refractivity (Wildman–Crippen MR) is 127 cm³/mol. The van der Waals surface area contributed by atoms with Crippen molar-refractivity contribution in [2.45, 2.75) is 6.54 Å². The number of benzene rings is 2. The van der Waals surface area contributed by atoms with Crippen molar-refractivity contribution in [3.05, 3.63) is 68.5 Å². The Hall–Kier alpha value is -4.22. The maximum atomic E-state index is 12.2. The topological polar surface area (TPSA) is 155 Å². The van der Waals surface area contributed by atoms with Crippen LogP contribution in [0.3, 0.4) is 0 Å². The average Bonchev–Trinajstić information content (AvgIpc) is 3.23. The number of aromatic hydroxyl groups is 1. The van der Waals surface area contributed by atoms with Crippen LogP contribution in [0.15, 0.2) is 52.1 Å². The van der Waals surface area contributed by atoms with Crippen molar-refractivity contribution in [3.63, 3.8) is 0 Å². The number of rotatable bonds is 11. The smallest absolute Gasteiger partial charge is 0.253 e. The molecule has 1 amide bonds. The molecule has 176 valence electrons. The van der Waals surface area contributed by atoms with E-state index in [0.717, 1.165) is 5.56 Å². The molecule has 0 fully saturated rings. The minimum Gasteiger partial charge on any atom is -0.508 e. The monoisotopic (exact) mass is 465 g/mol. The minimum absolute atomic E-state index is 0.112. The van der Waals surface area contributed by atoms with E-state index in [-0.39, 0.29) is 36.2 Å². The average molecular weight is 465 g/mol. The lowest BCUT2D eigenvalue weighted by Crippen LogP contribution is -2.36. The van der Waals surface area contributed by atoms with Crippen molar-refractivity contribution in [2.75, 3.05) is 42.9 Å². The number of phenols is 1. The van der Waals surface area contributed by atoms with Gasteiger partial charge in [-0.25, -0.2) is 0 Å². The van der Waals surface area contributed by atoms with E-state index in [1.54, 1.807) is 49.6 Å². The fourth-order valence-electron chi connectivity index (χ4n) is 3.34. The molecule has 0 radical (unpaired) electrons. The standard InChI is InChI=1S/C23H23N5O6/c1-33-7-8-34-12-18(30)26-23-16-10-14(5-6-17(16)27-28-23)25-20-19(21(31)22(20)32)24-11-13-3-2-4-15(29)9-13/h2-6,9-10,24-25,29H,7-8,11-12H2,1H3,(H2,26,27,28,30). The number of phenolic OH excluding ortho intramolecular Hbond substituents is 1. The highest BCUT2D eigenvalue weighted by atomic mass is 16.5. The van der Waals surface area contributed by atoms with Gasteiger partial charge in [0.15, 0.2) is 5.82 Å². The zero-order valence-corrected chi connectivity index (χ0v) is 18.3. The van der Waals surface area contributed by atoms with Crippen LogP contribution in [0.5, 0.6) is 5.75 Å². The molecule has 0 unspecified atom stereocenters. The summed E-state index contributed by atoms with van der Waals surface area (Å²) in [6.45, 7) is 0.795. The van der Waals surface area contributed by atoms with Gasteiger partial charge in [0.1, 0.15) is 23.7 Å². The summed E-state index contributed by atoms with van der Waals surface area (Å²) in [6.07, 6.45) is 0. The van der Waals surface area contributed by atoms with Crippen molar-refractivity contribution in [1.82, 2.24) is 10.2 Å². The number of H-pyrrole nitrogens is 1. The molecular formula is C23H23N5O6. The summed E-state index contributed by atoms with van der Waals surface area (Å²) in [5.41, 5.74) is 1.03. The zero-order chi connectivity index (χ0) is 24.1. The molecule has 0 spiro atoms. The van der Waals surface area contributed by atoms with Gasteiger partial charge in [0.05, 0.1) is 18.7 Å². The van der Waals surface area contributed by atoms with E-state index in [2.05, 4.69) is 26.1 Å². The molecule has 34 heavy (non-hydrogen) atoms. The lowest BCUT2D eigenvalue weighted by molar-refractivity contribution is -0.121. The molecule has 0 bridgehead atoms. The highest BCUT2D eigenvalue weighted by Crippen LogP contribution is 2.27. The Morgan fingerprint density at radius 2 is 1.91 bits per heavy atom. The van der Waals surface area contributed by atoms with E-state index in [1.807, 2.05) is 0 Å². The molecule has 0 saturated heterocycles. The number of carbonyl (C=O) groups excluding carboxylic acids is 1. The molecule has 3 aromatic carbocycles. The predicted octanol–water partition coefficient (Wildman–Crippen LogP) is 1.82. The zero-order valence-electron chi connectivity index (χ0n) is 18.3. The molecule has 11 nitrogen and oxygen atoms in total. The van der Waals surface area contributed by atoms with Crippen molar-refractivity contribution in [1.29, 1.82) is 0 Å². The molecule has 0 saturated carbocycles. The molecular weight excluding hydrogens is 442 g/mol. The van der Waals surface area contributed by atoms with E-state index in [4.69, 9.17) is 9.47 Å². The lowest BCUT2D eigenvalue weighted by atomic mass is 10.1. The van der Waals surface area contributed by atoms with Crippen molar-refractivity contribution in [2.24, 2.45) is 0 Å². The van der Waals surface area contributed by atoms with Crippen LogP contribution in [0.25, 0.3) is 10.9 Å². The maximum absolute atomic E-state index is 12.2. The Balaban J connectivity index is 1.46. The van der Waals surface area contributed by atoms with Gasteiger partial charge < -0.3 is 30.5 Å². The van der Waals surface area contributed by atoms with Crippen LogP contribution in [0.1, 0.15) is 5.56 Å². The molecule has 1 heterocycles. The van der Waals surface area contributed by atoms with Gasteiger partial charge in [-0.15, -0.1) is 0 Å².